The second-order valence-corrected chi connectivity index (χ2v) is 5.01. The van der Waals surface area contributed by atoms with Gasteiger partial charge in [-0.05, 0) is 13.8 Å². The number of Topliss-reactive ketones (excluding diaryl/α,β-unsaturated/α-hetero) is 1. The standard InChI is InChI=1S/C12H20O4/c1-7(2)9(13)12(5,6)11(15)16-10(14)8(3)4/h7-8H,1-6H3. The minimum Gasteiger partial charge on any atom is -0.392 e. The van der Waals surface area contributed by atoms with Crippen LogP contribution in [0.4, 0.5) is 0 Å². The van der Waals surface area contributed by atoms with Crippen LogP contribution in [-0.2, 0) is 19.1 Å². The van der Waals surface area contributed by atoms with Gasteiger partial charge < -0.3 is 4.74 Å². The molecule has 0 fully saturated rings. The minimum atomic E-state index is -1.27. The quantitative estimate of drug-likeness (QED) is 0.545. The molecule has 4 heteroatoms. The van der Waals surface area contributed by atoms with Gasteiger partial charge in [0.1, 0.15) is 5.41 Å². The lowest BCUT2D eigenvalue weighted by molar-refractivity contribution is -0.170. The van der Waals surface area contributed by atoms with Crippen LogP contribution in [0.3, 0.4) is 0 Å². The smallest absolute Gasteiger partial charge is 0.326 e. The normalized spacial score (nSPS) is 11.8. The third-order valence-electron chi connectivity index (χ3n) is 2.32. The molecule has 0 aliphatic rings. The number of rotatable bonds is 4. The SMILES string of the molecule is CC(C)C(=O)OC(=O)C(C)(C)C(=O)C(C)C. The molecule has 16 heavy (non-hydrogen) atoms. The average Bonchev–Trinajstić information content (AvgIpc) is 2.15. The van der Waals surface area contributed by atoms with Crippen LogP contribution in [0.2, 0.25) is 0 Å². The molecule has 0 atom stereocenters. The van der Waals surface area contributed by atoms with Crippen molar-refractivity contribution in [3.05, 3.63) is 0 Å². The number of hydrogen-bond acceptors (Lipinski definition) is 4. The summed E-state index contributed by atoms with van der Waals surface area (Å²) in [6.45, 7) is 9.64. The van der Waals surface area contributed by atoms with E-state index in [1.165, 1.54) is 13.8 Å². The third kappa shape index (κ3) is 3.43. The second kappa shape index (κ2) is 5.23. The highest BCUT2D eigenvalue weighted by Crippen LogP contribution is 2.23. The third-order valence-corrected chi connectivity index (χ3v) is 2.32. The van der Waals surface area contributed by atoms with Crippen LogP contribution < -0.4 is 0 Å². The molecule has 0 radical (unpaired) electrons. The van der Waals surface area contributed by atoms with Gasteiger partial charge in [0.2, 0.25) is 0 Å². The van der Waals surface area contributed by atoms with Crippen LogP contribution in [-0.4, -0.2) is 17.7 Å². The van der Waals surface area contributed by atoms with Crippen molar-refractivity contribution < 1.29 is 19.1 Å². The van der Waals surface area contributed by atoms with Crippen LogP contribution in [0.15, 0.2) is 0 Å². The van der Waals surface area contributed by atoms with E-state index in [1.807, 2.05) is 0 Å². The highest BCUT2D eigenvalue weighted by molar-refractivity contribution is 6.06. The van der Waals surface area contributed by atoms with Crippen LogP contribution >= 0.6 is 0 Å². The highest BCUT2D eigenvalue weighted by Gasteiger charge is 2.40. The zero-order chi connectivity index (χ0) is 13.1. The second-order valence-electron chi connectivity index (χ2n) is 5.01. The predicted octanol–water partition coefficient (Wildman–Crippen LogP) is 1.96. The summed E-state index contributed by atoms with van der Waals surface area (Å²) < 4.78 is 4.65. The summed E-state index contributed by atoms with van der Waals surface area (Å²) in [4.78, 5) is 34.6. The first kappa shape index (κ1) is 14.8. The molecule has 0 saturated heterocycles. The van der Waals surface area contributed by atoms with E-state index in [0.29, 0.717) is 0 Å². The number of hydrogen-bond donors (Lipinski definition) is 0. The molecule has 0 heterocycles. The lowest BCUT2D eigenvalue weighted by Gasteiger charge is -2.22. The van der Waals surface area contributed by atoms with Gasteiger partial charge in [-0.1, -0.05) is 27.7 Å². The van der Waals surface area contributed by atoms with Crippen LogP contribution in [0.25, 0.3) is 0 Å². The first-order valence-corrected chi connectivity index (χ1v) is 5.41. The number of carbonyl (C=O) groups excluding carboxylic acids is 3. The summed E-state index contributed by atoms with van der Waals surface area (Å²) >= 11 is 0. The number of ketones is 1. The fourth-order valence-electron chi connectivity index (χ4n) is 1.16. The average molecular weight is 228 g/mol. The van der Waals surface area contributed by atoms with E-state index in [-0.39, 0.29) is 17.6 Å². The van der Waals surface area contributed by atoms with Gasteiger partial charge in [0.05, 0.1) is 5.92 Å². The molecule has 0 aromatic rings. The maximum Gasteiger partial charge on any atom is 0.326 e. The van der Waals surface area contributed by atoms with Crippen molar-refractivity contribution in [2.75, 3.05) is 0 Å². The molecular weight excluding hydrogens is 208 g/mol. The molecule has 0 rings (SSSR count). The zero-order valence-corrected chi connectivity index (χ0v) is 10.8. The zero-order valence-electron chi connectivity index (χ0n) is 10.8. The van der Waals surface area contributed by atoms with Gasteiger partial charge in [-0.3, -0.25) is 14.4 Å². The van der Waals surface area contributed by atoms with Gasteiger partial charge >= 0.3 is 11.9 Å². The summed E-state index contributed by atoms with van der Waals surface area (Å²) in [6, 6.07) is 0. The predicted molar refractivity (Wildman–Crippen MR) is 59.6 cm³/mol. The van der Waals surface area contributed by atoms with E-state index < -0.39 is 17.4 Å². The van der Waals surface area contributed by atoms with Gasteiger partial charge in [-0.25, -0.2) is 0 Å². The van der Waals surface area contributed by atoms with E-state index in [1.54, 1.807) is 27.7 Å². The molecule has 0 aliphatic heterocycles. The molecule has 0 N–H and O–H groups in total. The minimum absolute atomic E-state index is 0.228. The molecule has 92 valence electrons. The Hall–Kier alpha value is -1.19. The van der Waals surface area contributed by atoms with Crippen molar-refractivity contribution in [1.29, 1.82) is 0 Å². The lowest BCUT2D eigenvalue weighted by Crippen LogP contribution is -2.39. The fourth-order valence-corrected chi connectivity index (χ4v) is 1.16. The largest absolute Gasteiger partial charge is 0.392 e. The van der Waals surface area contributed by atoms with Crippen LogP contribution in [0, 0.1) is 17.3 Å². The summed E-state index contributed by atoms with van der Waals surface area (Å²) in [6.07, 6.45) is 0. The Kier molecular flexibility index (Phi) is 4.84. The van der Waals surface area contributed by atoms with Gasteiger partial charge in [0.25, 0.3) is 0 Å². The van der Waals surface area contributed by atoms with Crippen molar-refractivity contribution in [2.45, 2.75) is 41.5 Å². The summed E-state index contributed by atoms with van der Waals surface area (Å²) in [5.41, 5.74) is -1.27. The number of carbonyl (C=O) groups is 3. The molecule has 0 aromatic carbocycles. The van der Waals surface area contributed by atoms with Crippen molar-refractivity contribution in [2.24, 2.45) is 17.3 Å². The van der Waals surface area contributed by atoms with Crippen molar-refractivity contribution in [1.82, 2.24) is 0 Å². The maximum absolute atomic E-state index is 11.7. The van der Waals surface area contributed by atoms with Gasteiger partial charge in [0, 0.05) is 5.92 Å². The Morgan fingerprint density at radius 1 is 0.938 bits per heavy atom. The maximum atomic E-state index is 11.7. The van der Waals surface area contributed by atoms with Crippen molar-refractivity contribution >= 4 is 17.7 Å². The summed E-state index contributed by atoms with van der Waals surface area (Å²) in [5, 5.41) is 0. The van der Waals surface area contributed by atoms with Crippen LogP contribution in [0.5, 0.6) is 0 Å². The summed E-state index contributed by atoms with van der Waals surface area (Å²) in [7, 11) is 0. The monoisotopic (exact) mass is 228 g/mol. The van der Waals surface area contributed by atoms with Crippen molar-refractivity contribution in [3.8, 4) is 0 Å². The molecule has 0 saturated carbocycles. The molecule has 0 spiro atoms. The summed E-state index contributed by atoms with van der Waals surface area (Å²) in [5.74, 6) is -2.25. The van der Waals surface area contributed by atoms with E-state index >= 15 is 0 Å². The Bertz CT molecular complexity index is 300. The number of esters is 2. The van der Waals surface area contributed by atoms with Gasteiger partial charge in [-0.15, -0.1) is 0 Å². The lowest BCUT2D eigenvalue weighted by atomic mass is 9.82. The Balaban J connectivity index is 4.72. The van der Waals surface area contributed by atoms with Crippen LogP contribution in [0.1, 0.15) is 41.5 Å². The first-order chi connectivity index (χ1) is 7.10. The molecule has 0 amide bonds. The molecule has 0 bridgehead atoms. The molecule has 0 aliphatic carbocycles. The first-order valence-electron chi connectivity index (χ1n) is 5.41. The fraction of sp³-hybridized carbons (Fsp3) is 0.750. The van der Waals surface area contributed by atoms with E-state index in [0.717, 1.165) is 0 Å². The Morgan fingerprint density at radius 3 is 1.69 bits per heavy atom. The van der Waals surface area contributed by atoms with E-state index in [2.05, 4.69) is 4.74 Å². The van der Waals surface area contributed by atoms with E-state index in [4.69, 9.17) is 0 Å². The van der Waals surface area contributed by atoms with Gasteiger partial charge in [0.15, 0.2) is 5.78 Å². The Labute approximate surface area is 96.4 Å². The molecule has 4 nitrogen and oxygen atoms in total. The number of ether oxygens (including phenoxy) is 1. The Morgan fingerprint density at radius 2 is 1.38 bits per heavy atom. The molecular formula is C12H20O4. The van der Waals surface area contributed by atoms with Crippen molar-refractivity contribution in [3.63, 3.8) is 0 Å². The molecule has 0 aromatic heterocycles. The van der Waals surface area contributed by atoms with Gasteiger partial charge in [-0.2, -0.15) is 0 Å². The topological polar surface area (TPSA) is 60.4 Å². The van der Waals surface area contributed by atoms with E-state index in [9.17, 15) is 14.4 Å². The highest BCUT2D eigenvalue weighted by atomic mass is 16.6. The molecule has 0 unspecified atom stereocenters.